The number of hydrogen-bond donors (Lipinski definition) is 2. The van der Waals surface area contributed by atoms with Gasteiger partial charge >= 0.3 is 0 Å². The van der Waals surface area contributed by atoms with E-state index in [-0.39, 0.29) is 24.4 Å². The SMILES string of the molecule is CC1NCCCC1NC(=O)c1cc2ccccc2o1.Cl. The predicted molar refractivity (Wildman–Crippen MR) is 81.4 cm³/mol. The first-order chi connectivity index (χ1) is 9.24. The van der Waals surface area contributed by atoms with Gasteiger partial charge in [0.25, 0.3) is 5.91 Å². The molecule has 2 N–H and O–H groups in total. The Morgan fingerprint density at radius 1 is 1.40 bits per heavy atom. The van der Waals surface area contributed by atoms with Crippen LogP contribution in [0, 0.1) is 0 Å². The molecule has 3 rings (SSSR count). The van der Waals surface area contributed by atoms with Crippen LogP contribution in [0.25, 0.3) is 11.0 Å². The van der Waals surface area contributed by atoms with Crippen molar-refractivity contribution in [2.45, 2.75) is 31.8 Å². The van der Waals surface area contributed by atoms with Crippen molar-refractivity contribution in [2.75, 3.05) is 6.54 Å². The monoisotopic (exact) mass is 294 g/mol. The van der Waals surface area contributed by atoms with Gasteiger partial charge in [0.05, 0.1) is 0 Å². The van der Waals surface area contributed by atoms with Crippen LogP contribution in [0.5, 0.6) is 0 Å². The minimum Gasteiger partial charge on any atom is -0.451 e. The molecule has 1 aromatic heterocycles. The summed E-state index contributed by atoms with van der Waals surface area (Å²) in [5, 5.41) is 7.38. The number of carbonyl (C=O) groups is 1. The van der Waals surface area contributed by atoms with Crippen LogP contribution in [0.4, 0.5) is 0 Å². The lowest BCUT2D eigenvalue weighted by atomic mass is 10.00. The number of rotatable bonds is 2. The van der Waals surface area contributed by atoms with Gasteiger partial charge in [-0.3, -0.25) is 4.79 Å². The highest BCUT2D eigenvalue weighted by Gasteiger charge is 2.24. The minimum absolute atomic E-state index is 0. The summed E-state index contributed by atoms with van der Waals surface area (Å²) >= 11 is 0. The highest BCUT2D eigenvalue weighted by molar-refractivity contribution is 5.96. The molecule has 5 heteroatoms. The van der Waals surface area contributed by atoms with Crippen molar-refractivity contribution in [3.8, 4) is 0 Å². The van der Waals surface area contributed by atoms with E-state index in [1.54, 1.807) is 6.07 Å². The van der Waals surface area contributed by atoms with E-state index in [1.807, 2.05) is 24.3 Å². The van der Waals surface area contributed by atoms with E-state index in [1.165, 1.54) is 0 Å². The van der Waals surface area contributed by atoms with Gasteiger partial charge in [0.1, 0.15) is 5.58 Å². The lowest BCUT2D eigenvalue weighted by Gasteiger charge is -2.30. The highest BCUT2D eigenvalue weighted by atomic mass is 35.5. The van der Waals surface area contributed by atoms with Crippen LogP contribution in [-0.2, 0) is 0 Å². The summed E-state index contributed by atoms with van der Waals surface area (Å²) < 4.78 is 5.57. The fraction of sp³-hybridized carbons (Fsp3) is 0.400. The molecule has 0 radical (unpaired) electrons. The fourth-order valence-electron chi connectivity index (χ4n) is 2.57. The molecule has 1 aromatic carbocycles. The van der Waals surface area contributed by atoms with Crippen molar-refractivity contribution in [3.05, 3.63) is 36.1 Å². The molecule has 108 valence electrons. The summed E-state index contributed by atoms with van der Waals surface area (Å²) in [5.41, 5.74) is 0.752. The van der Waals surface area contributed by atoms with Crippen LogP contribution >= 0.6 is 12.4 Å². The average molecular weight is 295 g/mol. The second-order valence-corrected chi connectivity index (χ2v) is 5.11. The van der Waals surface area contributed by atoms with Crippen LogP contribution in [0.15, 0.2) is 34.7 Å². The largest absolute Gasteiger partial charge is 0.451 e. The van der Waals surface area contributed by atoms with Gasteiger partial charge in [0.15, 0.2) is 5.76 Å². The van der Waals surface area contributed by atoms with E-state index in [2.05, 4.69) is 17.6 Å². The molecule has 0 aliphatic carbocycles. The Morgan fingerprint density at radius 3 is 2.95 bits per heavy atom. The Bertz CT molecular complexity index is 563. The molecule has 2 atom stereocenters. The number of halogens is 1. The van der Waals surface area contributed by atoms with Crippen molar-refractivity contribution in [1.29, 1.82) is 0 Å². The predicted octanol–water partition coefficient (Wildman–Crippen LogP) is 2.72. The molecule has 0 bridgehead atoms. The maximum atomic E-state index is 12.2. The summed E-state index contributed by atoms with van der Waals surface area (Å²) in [5.74, 6) is 0.260. The van der Waals surface area contributed by atoms with Crippen molar-refractivity contribution in [2.24, 2.45) is 0 Å². The molecule has 2 unspecified atom stereocenters. The summed E-state index contributed by atoms with van der Waals surface area (Å²) in [6, 6.07) is 9.94. The first-order valence-electron chi connectivity index (χ1n) is 6.77. The van der Waals surface area contributed by atoms with E-state index in [4.69, 9.17) is 4.42 Å². The maximum Gasteiger partial charge on any atom is 0.287 e. The molecule has 0 spiro atoms. The number of carbonyl (C=O) groups excluding carboxylic acids is 1. The van der Waals surface area contributed by atoms with Gasteiger partial charge in [-0.1, -0.05) is 18.2 Å². The van der Waals surface area contributed by atoms with Gasteiger partial charge in [0.2, 0.25) is 0 Å². The number of fused-ring (bicyclic) bond motifs is 1. The van der Waals surface area contributed by atoms with Crippen molar-refractivity contribution < 1.29 is 9.21 Å². The second kappa shape index (κ2) is 6.29. The zero-order valence-corrected chi connectivity index (χ0v) is 12.2. The number of amides is 1. The Kier molecular flexibility index (Phi) is 4.68. The molecule has 1 aliphatic rings. The summed E-state index contributed by atoms with van der Waals surface area (Å²) in [4.78, 5) is 12.2. The van der Waals surface area contributed by atoms with Gasteiger partial charge < -0.3 is 15.1 Å². The first kappa shape index (κ1) is 14.9. The summed E-state index contributed by atoms with van der Waals surface area (Å²) in [7, 11) is 0. The lowest BCUT2D eigenvalue weighted by Crippen LogP contribution is -2.51. The van der Waals surface area contributed by atoms with Gasteiger partial charge in [-0.05, 0) is 38.4 Å². The molecule has 1 saturated heterocycles. The number of hydrogen-bond acceptors (Lipinski definition) is 3. The Labute approximate surface area is 124 Å². The van der Waals surface area contributed by atoms with Crippen LogP contribution < -0.4 is 10.6 Å². The third kappa shape index (κ3) is 2.97. The van der Waals surface area contributed by atoms with E-state index >= 15 is 0 Å². The van der Waals surface area contributed by atoms with Crippen LogP contribution in [0.1, 0.15) is 30.3 Å². The molecular weight excluding hydrogens is 276 g/mol. The van der Waals surface area contributed by atoms with E-state index in [0.29, 0.717) is 11.8 Å². The van der Waals surface area contributed by atoms with E-state index in [9.17, 15) is 4.79 Å². The quantitative estimate of drug-likeness (QED) is 0.895. The molecule has 1 amide bonds. The van der Waals surface area contributed by atoms with Gasteiger partial charge in [-0.2, -0.15) is 0 Å². The molecule has 2 aromatic rings. The second-order valence-electron chi connectivity index (χ2n) is 5.11. The van der Waals surface area contributed by atoms with Gasteiger partial charge in [-0.25, -0.2) is 0 Å². The molecule has 1 aliphatic heterocycles. The Balaban J connectivity index is 0.00000147. The lowest BCUT2D eigenvalue weighted by molar-refractivity contribution is 0.0894. The number of piperidine rings is 1. The third-order valence-corrected chi connectivity index (χ3v) is 3.73. The average Bonchev–Trinajstić information content (AvgIpc) is 2.85. The van der Waals surface area contributed by atoms with Gasteiger partial charge in [-0.15, -0.1) is 12.4 Å². The molecular formula is C15H19ClN2O2. The van der Waals surface area contributed by atoms with E-state index in [0.717, 1.165) is 30.4 Å². The minimum atomic E-state index is -0.128. The summed E-state index contributed by atoms with van der Waals surface area (Å²) in [6.07, 6.45) is 2.11. The molecule has 4 nitrogen and oxygen atoms in total. The standard InChI is InChI=1S/C15H18N2O2.ClH/c1-10-12(6-4-8-16-10)17-15(18)14-9-11-5-2-3-7-13(11)19-14;/h2-3,5,7,9-10,12,16H,4,6,8H2,1H3,(H,17,18);1H. The molecule has 2 heterocycles. The Hall–Kier alpha value is -1.52. The maximum absolute atomic E-state index is 12.2. The van der Waals surface area contributed by atoms with Crippen molar-refractivity contribution in [3.63, 3.8) is 0 Å². The normalized spacial score (nSPS) is 22.2. The number of benzene rings is 1. The molecule has 20 heavy (non-hydrogen) atoms. The zero-order chi connectivity index (χ0) is 13.2. The molecule has 1 fully saturated rings. The molecule has 0 saturated carbocycles. The number of para-hydroxylation sites is 1. The fourth-order valence-corrected chi connectivity index (χ4v) is 2.57. The first-order valence-corrected chi connectivity index (χ1v) is 6.77. The smallest absolute Gasteiger partial charge is 0.287 e. The third-order valence-electron chi connectivity index (χ3n) is 3.73. The van der Waals surface area contributed by atoms with Crippen molar-refractivity contribution in [1.82, 2.24) is 10.6 Å². The van der Waals surface area contributed by atoms with Crippen LogP contribution in [-0.4, -0.2) is 24.5 Å². The van der Waals surface area contributed by atoms with Crippen LogP contribution in [0.3, 0.4) is 0 Å². The van der Waals surface area contributed by atoms with Crippen molar-refractivity contribution >= 4 is 29.3 Å². The highest BCUT2D eigenvalue weighted by Crippen LogP contribution is 2.19. The Morgan fingerprint density at radius 2 is 2.20 bits per heavy atom. The van der Waals surface area contributed by atoms with Gasteiger partial charge in [0, 0.05) is 17.5 Å². The van der Waals surface area contributed by atoms with E-state index < -0.39 is 0 Å². The topological polar surface area (TPSA) is 54.3 Å². The number of nitrogens with one attached hydrogen (secondary N) is 2. The number of furan rings is 1. The summed E-state index contributed by atoms with van der Waals surface area (Å²) in [6.45, 7) is 3.13. The van der Waals surface area contributed by atoms with Crippen LogP contribution in [0.2, 0.25) is 0 Å². The zero-order valence-electron chi connectivity index (χ0n) is 11.4.